The first-order chi connectivity index (χ1) is 24.9. The Morgan fingerprint density at radius 3 is 1.22 bits per heavy atom. The summed E-state index contributed by atoms with van der Waals surface area (Å²) in [6.07, 6.45) is 0. The molecule has 7 aromatic rings. The molecule has 0 unspecified atom stereocenters. The largest absolute Gasteiger partial charge is 0.311 e. The topological polar surface area (TPSA) is 9.72 Å². The van der Waals surface area contributed by atoms with Crippen LogP contribution < -0.4 is 41.5 Å². The number of hydrogen-bond acceptors (Lipinski definition) is 3. The van der Waals surface area contributed by atoms with Gasteiger partial charge in [-0.2, -0.15) is 0 Å². The summed E-state index contributed by atoms with van der Waals surface area (Å²) in [6.45, 7) is 9.84. The van der Waals surface area contributed by atoms with Crippen molar-refractivity contribution in [1.82, 2.24) is 0 Å². The number of anilines is 9. The fourth-order valence-corrected chi connectivity index (χ4v) is 12.5. The second-order valence-corrected chi connectivity index (χ2v) is 19.1. The van der Waals surface area contributed by atoms with Crippen LogP contribution in [0.25, 0.3) is 0 Å². The van der Waals surface area contributed by atoms with Crippen molar-refractivity contribution in [3.8, 4) is 0 Å². The molecule has 51 heavy (non-hydrogen) atoms. The third-order valence-electron chi connectivity index (χ3n) is 11.2. The molecule has 0 aliphatic carbocycles. The van der Waals surface area contributed by atoms with E-state index < -0.39 is 8.07 Å². The fraction of sp³-hybridized carbons (Fsp3) is 0.0870. The molecule has 0 N–H and O–H groups in total. The molecule has 5 heteroatoms. The number of aryl methyl sites for hydroxylation is 2. The van der Waals surface area contributed by atoms with Gasteiger partial charge in [-0.3, -0.25) is 0 Å². The Hall–Kier alpha value is -5.78. The van der Waals surface area contributed by atoms with Crippen molar-refractivity contribution in [2.45, 2.75) is 26.9 Å². The van der Waals surface area contributed by atoms with E-state index in [1.165, 1.54) is 61.6 Å². The van der Waals surface area contributed by atoms with Gasteiger partial charge in [0.05, 0.1) is 5.69 Å². The Morgan fingerprint density at radius 2 is 0.804 bits per heavy atom. The Kier molecular flexibility index (Phi) is 6.55. The van der Waals surface area contributed by atoms with Crippen LogP contribution in [0, 0.1) is 13.8 Å². The molecule has 0 aromatic heterocycles. The van der Waals surface area contributed by atoms with E-state index in [1.54, 1.807) is 10.4 Å². The quantitative estimate of drug-likeness (QED) is 0.169. The minimum Gasteiger partial charge on any atom is -0.311 e. The van der Waals surface area contributed by atoms with Gasteiger partial charge < -0.3 is 14.7 Å². The summed E-state index contributed by atoms with van der Waals surface area (Å²) < 4.78 is 0. The minimum absolute atomic E-state index is 0.141. The Morgan fingerprint density at radius 1 is 0.431 bits per heavy atom. The van der Waals surface area contributed by atoms with Crippen molar-refractivity contribution in [1.29, 1.82) is 0 Å². The molecule has 0 fully saturated rings. The number of nitrogens with zero attached hydrogens (tertiary/aromatic N) is 3. The van der Waals surface area contributed by atoms with Crippen LogP contribution in [-0.2, 0) is 0 Å². The van der Waals surface area contributed by atoms with Crippen molar-refractivity contribution in [2.75, 3.05) is 14.7 Å². The first-order valence-corrected chi connectivity index (χ1v) is 21.0. The van der Waals surface area contributed by atoms with Crippen molar-refractivity contribution >= 4 is 92.7 Å². The van der Waals surface area contributed by atoms with Crippen molar-refractivity contribution in [2.24, 2.45) is 0 Å². The van der Waals surface area contributed by atoms with E-state index in [-0.39, 0.29) is 6.71 Å². The molecule has 3 nitrogen and oxygen atoms in total. The van der Waals surface area contributed by atoms with E-state index in [9.17, 15) is 0 Å². The molecule has 0 atom stereocenters. The molecular weight excluding hydrogens is 633 g/mol. The van der Waals surface area contributed by atoms with Crippen molar-refractivity contribution in [3.63, 3.8) is 0 Å². The highest BCUT2D eigenvalue weighted by atomic mass is 28.3. The second-order valence-electron chi connectivity index (χ2n) is 14.8. The van der Waals surface area contributed by atoms with E-state index in [0.29, 0.717) is 0 Å². The average molecular weight is 672 g/mol. The Bertz CT molecular complexity index is 2320. The zero-order chi connectivity index (χ0) is 34.4. The van der Waals surface area contributed by atoms with Crippen LogP contribution in [0.2, 0.25) is 13.1 Å². The van der Waals surface area contributed by atoms with Gasteiger partial charge in [-0.05, 0) is 114 Å². The van der Waals surface area contributed by atoms with Crippen LogP contribution in [0.3, 0.4) is 0 Å². The van der Waals surface area contributed by atoms with Gasteiger partial charge in [0.1, 0.15) is 8.07 Å². The molecule has 7 aromatic carbocycles. The van der Waals surface area contributed by atoms with Crippen LogP contribution in [0.4, 0.5) is 51.2 Å². The molecule has 244 valence electrons. The highest BCUT2D eigenvalue weighted by Gasteiger charge is 2.52. The second kappa shape index (κ2) is 11.1. The summed E-state index contributed by atoms with van der Waals surface area (Å²) in [5.74, 6) is 0. The number of benzene rings is 7. The number of hydrogen-bond donors (Lipinski definition) is 0. The van der Waals surface area contributed by atoms with Crippen LogP contribution in [0.5, 0.6) is 0 Å². The van der Waals surface area contributed by atoms with E-state index >= 15 is 0 Å². The Balaban J connectivity index is 1.38. The molecule has 0 amide bonds. The summed E-state index contributed by atoms with van der Waals surface area (Å²) in [4.78, 5) is 7.54. The predicted octanol–water partition coefficient (Wildman–Crippen LogP) is 8.99. The summed E-state index contributed by atoms with van der Waals surface area (Å²) in [5.41, 5.74) is 17.8. The van der Waals surface area contributed by atoms with Gasteiger partial charge in [-0.25, -0.2) is 0 Å². The molecule has 0 spiro atoms. The molecule has 0 bridgehead atoms. The maximum Gasteiger partial charge on any atom is 0.251 e. The SMILES string of the molecule is Cc1cc2c3c(c1)[Si](C)(C)c1cc(C)cc4c1B3c1c(cc(N(c3ccccc3)c3ccccc3)cc1N4c1ccccc1)N2c1ccccc1. The van der Waals surface area contributed by atoms with Gasteiger partial charge in [-0.15, -0.1) is 0 Å². The lowest BCUT2D eigenvalue weighted by atomic mass is 9.33. The lowest BCUT2D eigenvalue weighted by Crippen LogP contribution is -2.79. The van der Waals surface area contributed by atoms with Crippen molar-refractivity contribution in [3.05, 3.63) is 169 Å². The Labute approximate surface area is 302 Å². The molecular formula is C46H38BN3Si. The highest BCUT2D eigenvalue weighted by molar-refractivity contribution is 7.16. The molecule has 3 heterocycles. The lowest BCUT2D eigenvalue weighted by Gasteiger charge is -2.50. The normalized spacial score (nSPS) is 14.3. The standard InChI is InChI=1S/C46H38BN3Si/c1-31-25-38-45-42(27-31)51(3,4)43-28-32(2)26-39-46(43)47(45)44-40(49(38)35-21-13-7-14-22-35)29-37(30-41(44)50(39)36-23-15-8-16-24-36)48(33-17-9-5-10-18-33)34-19-11-6-12-20-34/h5-30H,1-4H3. The van der Waals surface area contributed by atoms with E-state index in [1.807, 2.05) is 0 Å². The molecule has 3 aliphatic heterocycles. The highest BCUT2D eigenvalue weighted by Crippen LogP contribution is 2.48. The summed E-state index contributed by atoms with van der Waals surface area (Å²) >= 11 is 0. The third-order valence-corrected chi connectivity index (χ3v) is 14.7. The van der Waals surface area contributed by atoms with E-state index in [0.717, 1.165) is 17.1 Å². The van der Waals surface area contributed by atoms with E-state index in [2.05, 4.69) is 199 Å². The van der Waals surface area contributed by atoms with Crippen LogP contribution in [0.15, 0.2) is 158 Å². The van der Waals surface area contributed by atoms with Crippen LogP contribution >= 0.6 is 0 Å². The van der Waals surface area contributed by atoms with Gasteiger partial charge in [0, 0.05) is 45.5 Å². The van der Waals surface area contributed by atoms with Gasteiger partial charge >= 0.3 is 0 Å². The maximum absolute atomic E-state index is 2.57. The van der Waals surface area contributed by atoms with Crippen LogP contribution in [-0.4, -0.2) is 14.8 Å². The monoisotopic (exact) mass is 671 g/mol. The summed E-state index contributed by atoms with van der Waals surface area (Å²) in [5, 5.41) is 3.13. The first-order valence-electron chi connectivity index (χ1n) is 18.0. The maximum atomic E-state index is 2.57. The summed E-state index contributed by atoms with van der Waals surface area (Å²) in [6, 6.07) is 58.4. The van der Waals surface area contributed by atoms with Crippen molar-refractivity contribution < 1.29 is 0 Å². The van der Waals surface area contributed by atoms with Gasteiger partial charge in [0.15, 0.2) is 0 Å². The van der Waals surface area contributed by atoms with Gasteiger partial charge in [0.2, 0.25) is 0 Å². The van der Waals surface area contributed by atoms with Gasteiger partial charge in [-0.1, -0.05) is 108 Å². The molecule has 0 radical (unpaired) electrons. The number of para-hydroxylation sites is 4. The molecule has 3 aliphatic rings. The third kappa shape index (κ3) is 4.38. The molecule has 0 saturated heterocycles. The van der Waals surface area contributed by atoms with E-state index in [4.69, 9.17) is 0 Å². The zero-order valence-electron chi connectivity index (χ0n) is 29.4. The predicted molar refractivity (Wildman–Crippen MR) is 221 cm³/mol. The smallest absolute Gasteiger partial charge is 0.251 e. The first kappa shape index (κ1) is 30.1. The lowest BCUT2D eigenvalue weighted by molar-refractivity contribution is 1.22. The molecule has 10 rings (SSSR count). The minimum atomic E-state index is -2.11. The average Bonchev–Trinajstić information content (AvgIpc) is 3.15. The van der Waals surface area contributed by atoms with Gasteiger partial charge in [0.25, 0.3) is 6.71 Å². The number of rotatable bonds is 5. The fourth-order valence-electron chi connectivity index (χ4n) is 9.12. The zero-order valence-corrected chi connectivity index (χ0v) is 30.4. The molecule has 0 saturated carbocycles. The summed E-state index contributed by atoms with van der Waals surface area (Å²) in [7, 11) is -2.11. The van der Waals surface area contributed by atoms with Crippen LogP contribution in [0.1, 0.15) is 11.1 Å².